The zero-order valence-electron chi connectivity index (χ0n) is 16.0. The number of anilines is 1. The first-order chi connectivity index (χ1) is 13.2. The van der Waals surface area contributed by atoms with Gasteiger partial charge in [0, 0.05) is 18.3 Å². The molecule has 0 unspecified atom stereocenters. The number of hydrogen-bond donors (Lipinski definition) is 1. The fraction of sp³-hybridized carbons (Fsp3) is 0.200. The number of aryl methyl sites for hydroxylation is 3. The lowest BCUT2D eigenvalue weighted by atomic mass is 10.2. The van der Waals surface area contributed by atoms with Crippen molar-refractivity contribution in [3.05, 3.63) is 59.4 Å². The van der Waals surface area contributed by atoms with Crippen LogP contribution in [0.3, 0.4) is 0 Å². The van der Waals surface area contributed by atoms with Gasteiger partial charge in [-0.25, -0.2) is 13.4 Å². The molecular formula is C20H20N4O2S2. The highest BCUT2D eigenvalue weighted by molar-refractivity contribution is 7.92. The van der Waals surface area contributed by atoms with Crippen LogP contribution < -0.4 is 4.72 Å². The summed E-state index contributed by atoms with van der Waals surface area (Å²) < 4.78 is 30.9. The summed E-state index contributed by atoms with van der Waals surface area (Å²) in [6.45, 7) is 5.50. The predicted octanol–water partition coefficient (Wildman–Crippen LogP) is 4.42. The number of benzene rings is 2. The summed E-state index contributed by atoms with van der Waals surface area (Å²) in [6, 6.07) is 13.5. The van der Waals surface area contributed by atoms with Gasteiger partial charge in [0.05, 0.1) is 21.6 Å². The van der Waals surface area contributed by atoms with Crippen molar-refractivity contribution < 1.29 is 8.42 Å². The molecule has 4 rings (SSSR count). The summed E-state index contributed by atoms with van der Waals surface area (Å²) in [5.41, 5.74) is 4.71. The molecule has 144 valence electrons. The first-order valence-electron chi connectivity index (χ1n) is 8.75. The van der Waals surface area contributed by atoms with Crippen LogP contribution >= 0.6 is 11.3 Å². The van der Waals surface area contributed by atoms with E-state index in [0.717, 1.165) is 20.8 Å². The van der Waals surface area contributed by atoms with Crippen molar-refractivity contribution in [3.8, 4) is 10.6 Å². The van der Waals surface area contributed by atoms with Gasteiger partial charge in [0.1, 0.15) is 9.90 Å². The van der Waals surface area contributed by atoms with Crippen molar-refractivity contribution >= 4 is 37.3 Å². The standard InChI is InChI=1S/C20H20N4O2S2/c1-12-5-10-17-18(11-12)27-20(21-17)15-6-8-16(9-7-15)23-28(25,26)19-13(2)22-24(4)14(19)3/h5-11,23H,1-4H3. The van der Waals surface area contributed by atoms with Crippen LogP contribution in [0.4, 0.5) is 5.69 Å². The molecule has 0 saturated carbocycles. The first kappa shape index (κ1) is 18.6. The molecule has 0 aliphatic rings. The van der Waals surface area contributed by atoms with Crippen LogP contribution in [0.5, 0.6) is 0 Å². The summed E-state index contributed by atoms with van der Waals surface area (Å²) in [6.07, 6.45) is 0. The molecule has 1 N–H and O–H groups in total. The highest BCUT2D eigenvalue weighted by Crippen LogP contribution is 2.31. The molecule has 0 aliphatic carbocycles. The van der Waals surface area contributed by atoms with Crippen molar-refractivity contribution in [2.24, 2.45) is 7.05 Å². The Balaban J connectivity index is 1.62. The highest BCUT2D eigenvalue weighted by Gasteiger charge is 2.23. The van der Waals surface area contributed by atoms with Crippen LogP contribution in [0.25, 0.3) is 20.8 Å². The molecule has 2 aromatic heterocycles. The number of sulfonamides is 1. The molecule has 0 radical (unpaired) electrons. The Morgan fingerprint density at radius 3 is 2.39 bits per heavy atom. The van der Waals surface area contributed by atoms with Crippen LogP contribution in [-0.2, 0) is 17.1 Å². The highest BCUT2D eigenvalue weighted by atomic mass is 32.2. The second-order valence-electron chi connectivity index (χ2n) is 6.80. The van der Waals surface area contributed by atoms with Gasteiger partial charge in [0.2, 0.25) is 0 Å². The second kappa shape index (κ2) is 6.72. The minimum Gasteiger partial charge on any atom is -0.280 e. The van der Waals surface area contributed by atoms with Gasteiger partial charge in [-0.05, 0) is 62.7 Å². The minimum atomic E-state index is -3.70. The molecule has 0 saturated heterocycles. The Morgan fingerprint density at radius 2 is 1.75 bits per heavy atom. The third kappa shape index (κ3) is 3.29. The van der Waals surface area contributed by atoms with Gasteiger partial charge in [-0.3, -0.25) is 9.40 Å². The third-order valence-corrected chi connectivity index (χ3v) is 7.34. The molecule has 0 bridgehead atoms. The number of fused-ring (bicyclic) bond motifs is 1. The fourth-order valence-corrected chi connectivity index (χ4v) is 5.75. The lowest BCUT2D eigenvalue weighted by Gasteiger charge is -2.09. The van der Waals surface area contributed by atoms with Crippen molar-refractivity contribution in [1.82, 2.24) is 14.8 Å². The van der Waals surface area contributed by atoms with E-state index >= 15 is 0 Å². The van der Waals surface area contributed by atoms with E-state index in [9.17, 15) is 8.42 Å². The number of nitrogens with zero attached hydrogens (tertiary/aromatic N) is 3. The molecule has 0 spiro atoms. The zero-order chi connectivity index (χ0) is 20.1. The van der Waals surface area contributed by atoms with Crippen LogP contribution in [0, 0.1) is 20.8 Å². The van der Waals surface area contributed by atoms with Gasteiger partial charge in [-0.1, -0.05) is 6.07 Å². The molecule has 28 heavy (non-hydrogen) atoms. The lowest BCUT2D eigenvalue weighted by molar-refractivity contribution is 0.599. The minimum absolute atomic E-state index is 0.223. The van der Waals surface area contributed by atoms with E-state index in [2.05, 4.69) is 27.8 Å². The topological polar surface area (TPSA) is 76.9 Å². The summed E-state index contributed by atoms with van der Waals surface area (Å²) in [7, 11) is -1.97. The van der Waals surface area contributed by atoms with Crippen LogP contribution in [0.2, 0.25) is 0 Å². The Labute approximate surface area is 167 Å². The maximum absolute atomic E-state index is 12.8. The quantitative estimate of drug-likeness (QED) is 0.538. The normalized spacial score (nSPS) is 11.9. The molecule has 2 aromatic carbocycles. The molecule has 0 fully saturated rings. The molecule has 0 aliphatic heterocycles. The van der Waals surface area contributed by atoms with E-state index in [4.69, 9.17) is 0 Å². The lowest BCUT2D eigenvalue weighted by Crippen LogP contribution is -2.14. The third-order valence-electron chi connectivity index (χ3n) is 4.64. The maximum Gasteiger partial charge on any atom is 0.265 e. The Kier molecular flexibility index (Phi) is 4.47. The summed E-state index contributed by atoms with van der Waals surface area (Å²) in [5, 5.41) is 5.10. The molecule has 4 aromatic rings. The van der Waals surface area contributed by atoms with Gasteiger partial charge in [-0.2, -0.15) is 5.10 Å². The van der Waals surface area contributed by atoms with E-state index in [-0.39, 0.29) is 4.90 Å². The summed E-state index contributed by atoms with van der Waals surface area (Å²) in [4.78, 5) is 4.89. The molecule has 8 heteroatoms. The van der Waals surface area contributed by atoms with Gasteiger partial charge in [0.25, 0.3) is 10.0 Å². The molecule has 2 heterocycles. The van der Waals surface area contributed by atoms with E-state index in [1.807, 2.05) is 24.3 Å². The SMILES string of the molecule is Cc1ccc2nc(-c3ccc(NS(=O)(=O)c4c(C)nn(C)c4C)cc3)sc2c1. The number of rotatable bonds is 4. The largest absolute Gasteiger partial charge is 0.280 e. The van der Waals surface area contributed by atoms with Crippen molar-refractivity contribution in [2.75, 3.05) is 4.72 Å². The average Bonchev–Trinajstić information content (AvgIpc) is 3.15. The maximum atomic E-state index is 12.8. The molecule has 0 atom stereocenters. The van der Waals surface area contributed by atoms with Gasteiger partial charge >= 0.3 is 0 Å². The van der Waals surface area contributed by atoms with Crippen molar-refractivity contribution in [3.63, 3.8) is 0 Å². The van der Waals surface area contributed by atoms with E-state index in [0.29, 0.717) is 17.1 Å². The fourth-order valence-electron chi connectivity index (χ4n) is 3.19. The smallest absolute Gasteiger partial charge is 0.265 e. The average molecular weight is 413 g/mol. The Hall–Kier alpha value is -2.71. The van der Waals surface area contributed by atoms with Gasteiger partial charge in [0.15, 0.2) is 0 Å². The monoisotopic (exact) mass is 412 g/mol. The molecular weight excluding hydrogens is 392 g/mol. The van der Waals surface area contributed by atoms with E-state index in [1.54, 1.807) is 49.0 Å². The van der Waals surface area contributed by atoms with Gasteiger partial charge in [-0.15, -0.1) is 11.3 Å². The summed E-state index contributed by atoms with van der Waals surface area (Å²) in [5.74, 6) is 0. The van der Waals surface area contributed by atoms with Crippen molar-refractivity contribution in [1.29, 1.82) is 0 Å². The number of nitrogens with one attached hydrogen (secondary N) is 1. The number of aromatic nitrogens is 3. The van der Waals surface area contributed by atoms with Crippen LogP contribution in [0.1, 0.15) is 17.0 Å². The van der Waals surface area contributed by atoms with Crippen molar-refractivity contribution in [2.45, 2.75) is 25.7 Å². The van der Waals surface area contributed by atoms with E-state index < -0.39 is 10.0 Å². The number of hydrogen-bond acceptors (Lipinski definition) is 5. The summed E-state index contributed by atoms with van der Waals surface area (Å²) >= 11 is 1.63. The predicted molar refractivity (Wildman–Crippen MR) is 113 cm³/mol. The molecule has 6 nitrogen and oxygen atoms in total. The number of thiazole rings is 1. The van der Waals surface area contributed by atoms with Gasteiger partial charge < -0.3 is 0 Å². The first-order valence-corrected chi connectivity index (χ1v) is 11.1. The van der Waals surface area contributed by atoms with Crippen LogP contribution in [0.15, 0.2) is 47.4 Å². The Morgan fingerprint density at radius 1 is 1.04 bits per heavy atom. The van der Waals surface area contributed by atoms with Crippen LogP contribution in [-0.4, -0.2) is 23.2 Å². The zero-order valence-corrected chi connectivity index (χ0v) is 17.6. The second-order valence-corrected chi connectivity index (χ2v) is 9.45. The van der Waals surface area contributed by atoms with E-state index in [1.165, 1.54) is 5.56 Å². The molecule has 0 amide bonds. The Bertz CT molecular complexity index is 1290.